The number of hydrogen-bond acceptors (Lipinski definition) is 4. The van der Waals surface area contributed by atoms with Gasteiger partial charge in [-0.3, -0.25) is 0 Å². The number of nitrogens with zero attached hydrogens (tertiary/aromatic N) is 1. The summed E-state index contributed by atoms with van der Waals surface area (Å²) in [6.07, 6.45) is 2.26. The van der Waals surface area contributed by atoms with E-state index in [0.717, 1.165) is 28.6 Å². The highest BCUT2D eigenvalue weighted by molar-refractivity contribution is 7.89. The van der Waals surface area contributed by atoms with Crippen molar-refractivity contribution in [3.63, 3.8) is 0 Å². The number of fused-ring (bicyclic) bond motifs is 3. The number of carboxylic acid groups (broad SMARTS) is 1. The van der Waals surface area contributed by atoms with E-state index in [2.05, 4.69) is 4.98 Å². The average Bonchev–Trinajstić information content (AvgIpc) is 3.00. The number of sulfonamides is 1. The lowest BCUT2D eigenvalue weighted by Crippen LogP contribution is -2.53. The van der Waals surface area contributed by atoms with Crippen LogP contribution in [-0.4, -0.2) is 53.3 Å². The first-order valence-electron chi connectivity index (χ1n) is 8.85. The fraction of sp³-hybridized carbons (Fsp3) is 0.500. The summed E-state index contributed by atoms with van der Waals surface area (Å²) < 4.78 is 32.8. The summed E-state index contributed by atoms with van der Waals surface area (Å²) in [5.41, 5.74) is 1.40. The predicted octanol–water partition coefficient (Wildman–Crippen LogP) is 1.88. The molecular formula is C18H22N2O5S. The molecule has 3 heterocycles. The topological polar surface area (TPSA) is 99.7 Å². The van der Waals surface area contributed by atoms with Crippen molar-refractivity contribution in [3.8, 4) is 0 Å². The van der Waals surface area contributed by atoms with E-state index >= 15 is 0 Å². The maximum Gasteiger partial charge on any atom is 0.337 e. The first-order chi connectivity index (χ1) is 12.4. The van der Waals surface area contributed by atoms with Crippen LogP contribution in [0.5, 0.6) is 0 Å². The minimum atomic E-state index is -3.76. The number of hydrogen-bond donors (Lipinski definition) is 2. The number of rotatable bonds is 4. The SMILES string of the molecule is O=C(O)C1(CS(=O)(=O)N2CCc3c([nH]c4ccccc34)C2)CCCCO1. The Labute approximate surface area is 152 Å². The summed E-state index contributed by atoms with van der Waals surface area (Å²) in [6, 6.07) is 7.92. The van der Waals surface area contributed by atoms with Crippen LogP contribution in [0.3, 0.4) is 0 Å². The van der Waals surface area contributed by atoms with Crippen molar-refractivity contribution in [2.75, 3.05) is 18.9 Å². The first-order valence-corrected chi connectivity index (χ1v) is 10.5. The Bertz CT molecular complexity index is 944. The Morgan fingerprint density at radius 2 is 2.12 bits per heavy atom. The maximum absolute atomic E-state index is 13.0. The number of aromatic amines is 1. The second-order valence-corrected chi connectivity index (χ2v) is 9.04. The molecule has 1 saturated heterocycles. The predicted molar refractivity (Wildman–Crippen MR) is 96.4 cm³/mol. The van der Waals surface area contributed by atoms with E-state index in [1.165, 1.54) is 4.31 Å². The van der Waals surface area contributed by atoms with Crippen LogP contribution < -0.4 is 0 Å². The summed E-state index contributed by atoms with van der Waals surface area (Å²) >= 11 is 0. The molecule has 1 aromatic heterocycles. The lowest BCUT2D eigenvalue weighted by molar-refractivity contribution is -0.168. The van der Waals surface area contributed by atoms with E-state index < -0.39 is 27.3 Å². The summed E-state index contributed by atoms with van der Waals surface area (Å²) in [6.45, 7) is 0.878. The fourth-order valence-electron chi connectivity index (χ4n) is 3.99. The van der Waals surface area contributed by atoms with Gasteiger partial charge in [-0.05, 0) is 37.3 Å². The normalized spacial score (nSPS) is 24.5. The zero-order valence-electron chi connectivity index (χ0n) is 14.4. The Kier molecular flexibility index (Phi) is 4.29. The molecule has 7 nitrogen and oxygen atoms in total. The van der Waals surface area contributed by atoms with Crippen molar-refractivity contribution in [2.45, 2.75) is 37.8 Å². The lowest BCUT2D eigenvalue weighted by atomic mass is 9.96. The van der Waals surface area contributed by atoms with E-state index in [1.807, 2.05) is 24.3 Å². The number of H-pyrrole nitrogens is 1. The number of para-hydroxylation sites is 1. The Hall–Kier alpha value is -1.90. The number of ether oxygens (including phenoxy) is 1. The van der Waals surface area contributed by atoms with Gasteiger partial charge in [0.05, 0.1) is 6.54 Å². The molecule has 1 aromatic carbocycles. The molecule has 0 saturated carbocycles. The van der Waals surface area contributed by atoms with Gasteiger partial charge in [-0.25, -0.2) is 13.2 Å². The molecule has 4 rings (SSSR count). The van der Waals surface area contributed by atoms with Crippen LogP contribution in [0.2, 0.25) is 0 Å². The van der Waals surface area contributed by atoms with E-state index in [9.17, 15) is 18.3 Å². The maximum atomic E-state index is 13.0. The summed E-state index contributed by atoms with van der Waals surface area (Å²) in [4.78, 5) is 15.0. The number of aromatic nitrogens is 1. The standard InChI is InChI=1S/C18H22N2O5S/c21-17(22)18(8-3-4-10-25-18)12-26(23,24)20-9-7-14-13-5-1-2-6-15(13)19-16(14)11-20/h1-2,5-6,19H,3-4,7-12H2,(H,21,22). The van der Waals surface area contributed by atoms with Crippen molar-refractivity contribution in [2.24, 2.45) is 0 Å². The van der Waals surface area contributed by atoms with Crippen molar-refractivity contribution < 1.29 is 23.1 Å². The van der Waals surface area contributed by atoms with E-state index in [-0.39, 0.29) is 19.6 Å². The van der Waals surface area contributed by atoms with Gasteiger partial charge in [-0.2, -0.15) is 4.31 Å². The third kappa shape index (κ3) is 2.91. The van der Waals surface area contributed by atoms with Crippen molar-refractivity contribution >= 4 is 26.9 Å². The van der Waals surface area contributed by atoms with Crippen LogP contribution in [0.25, 0.3) is 10.9 Å². The minimum absolute atomic E-state index is 0.229. The third-order valence-electron chi connectivity index (χ3n) is 5.40. The molecule has 1 unspecified atom stereocenters. The van der Waals surface area contributed by atoms with Crippen LogP contribution in [0.4, 0.5) is 0 Å². The smallest absolute Gasteiger partial charge is 0.337 e. The highest BCUT2D eigenvalue weighted by Gasteiger charge is 2.47. The summed E-state index contributed by atoms with van der Waals surface area (Å²) in [5, 5.41) is 10.7. The van der Waals surface area contributed by atoms with Gasteiger partial charge in [0.15, 0.2) is 5.60 Å². The Morgan fingerprint density at radius 3 is 2.85 bits per heavy atom. The molecule has 0 spiro atoms. The van der Waals surface area contributed by atoms with Crippen molar-refractivity contribution in [1.82, 2.24) is 9.29 Å². The van der Waals surface area contributed by atoms with Crippen LogP contribution in [-0.2, 0) is 32.5 Å². The molecule has 26 heavy (non-hydrogen) atoms. The van der Waals surface area contributed by atoms with Gasteiger partial charge in [0.1, 0.15) is 5.75 Å². The zero-order chi connectivity index (χ0) is 18.4. The number of nitrogens with one attached hydrogen (secondary N) is 1. The average molecular weight is 378 g/mol. The van der Waals surface area contributed by atoms with Gasteiger partial charge < -0.3 is 14.8 Å². The van der Waals surface area contributed by atoms with Crippen LogP contribution in [0, 0.1) is 0 Å². The largest absolute Gasteiger partial charge is 0.479 e. The van der Waals surface area contributed by atoms with Gasteiger partial charge in [0, 0.05) is 29.7 Å². The van der Waals surface area contributed by atoms with E-state index in [4.69, 9.17) is 4.74 Å². The molecule has 2 aromatic rings. The van der Waals surface area contributed by atoms with Crippen LogP contribution >= 0.6 is 0 Å². The third-order valence-corrected chi connectivity index (χ3v) is 7.33. The molecule has 2 N–H and O–H groups in total. The second kappa shape index (κ2) is 6.37. The molecule has 0 amide bonds. The molecule has 140 valence electrons. The highest BCUT2D eigenvalue weighted by Crippen LogP contribution is 2.32. The molecule has 0 aliphatic carbocycles. The highest BCUT2D eigenvalue weighted by atomic mass is 32.2. The quantitative estimate of drug-likeness (QED) is 0.846. The molecule has 2 aliphatic heterocycles. The molecule has 0 radical (unpaired) electrons. The monoisotopic (exact) mass is 378 g/mol. The van der Waals surface area contributed by atoms with Gasteiger partial charge in [-0.15, -0.1) is 0 Å². The Morgan fingerprint density at radius 1 is 1.31 bits per heavy atom. The van der Waals surface area contributed by atoms with E-state index in [1.54, 1.807) is 0 Å². The van der Waals surface area contributed by atoms with Crippen LogP contribution in [0.1, 0.15) is 30.5 Å². The van der Waals surface area contributed by atoms with Crippen molar-refractivity contribution in [1.29, 1.82) is 0 Å². The summed E-state index contributed by atoms with van der Waals surface area (Å²) in [5.74, 6) is -1.70. The number of aliphatic carboxylic acids is 1. The van der Waals surface area contributed by atoms with Gasteiger partial charge in [0.2, 0.25) is 10.0 Å². The molecular weight excluding hydrogens is 356 g/mol. The summed E-state index contributed by atoms with van der Waals surface area (Å²) in [7, 11) is -3.76. The van der Waals surface area contributed by atoms with Gasteiger partial charge in [-0.1, -0.05) is 18.2 Å². The number of carboxylic acids is 1. The van der Waals surface area contributed by atoms with Crippen LogP contribution in [0.15, 0.2) is 24.3 Å². The molecule has 1 atom stereocenters. The minimum Gasteiger partial charge on any atom is -0.479 e. The Balaban J connectivity index is 1.60. The van der Waals surface area contributed by atoms with Gasteiger partial charge in [0.25, 0.3) is 0 Å². The fourth-order valence-corrected chi connectivity index (χ4v) is 5.81. The number of carbonyl (C=O) groups is 1. The van der Waals surface area contributed by atoms with Crippen molar-refractivity contribution in [3.05, 3.63) is 35.5 Å². The number of benzene rings is 1. The molecule has 8 heteroatoms. The molecule has 0 bridgehead atoms. The second-order valence-electron chi connectivity index (χ2n) is 7.07. The zero-order valence-corrected chi connectivity index (χ0v) is 15.2. The van der Waals surface area contributed by atoms with E-state index in [0.29, 0.717) is 19.4 Å². The first kappa shape index (κ1) is 17.5. The van der Waals surface area contributed by atoms with Gasteiger partial charge >= 0.3 is 5.97 Å². The lowest BCUT2D eigenvalue weighted by Gasteiger charge is -2.35. The molecule has 1 fully saturated rings. The molecule has 2 aliphatic rings.